The summed E-state index contributed by atoms with van der Waals surface area (Å²) in [5.41, 5.74) is 1.30. The number of nitrogens with one attached hydrogen (secondary N) is 1. The predicted molar refractivity (Wildman–Crippen MR) is 54.3 cm³/mol. The fourth-order valence-corrected chi connectivity index (χ4v) is 1.01. The van der Waals surface area contributed by atoms with Crippen molar-refractivity contribution in [3.05, 3.63) is 42.5 Å². The lowest BCUT2D eigenvalue weighted by molar-refractivity contribution is 1.15. The number of hydrogen-bond acceptors (Lipinski definition) is 5. The van der Waals surface area contributed by atoms with Crippen LogP contribution in [0.3, 0.4) is 0 Å². The van der Waals surface area contributed by atoms with Crippen LogP contribution in [0.4, 0.5) is 11.6 Å². The number of nitriles is 1. The van der Waals surface area contributed by atoms with Crippen molar-refractivity contribution in [2.45, 2.75) is 0 Å². The Kier molecular flexibility index (Phi) is 2.52. The van der Waals surface area contributed by atoms with Crippen molar-refractivity contribution in [3.63, 3.8) is 0 Å². The van der Waals surface area contributed by atoms with Crippen LogP contribution < -0.4 is 5.32 Å². The highest BCUT2D eigenvalue weighted by Crippen LogP contribution is 2.09. The molecule has 15 heavy (non-hydrogen) atoms. The van der Waals surface area contributed by atoms with Crippen molar-refractivity contribution in [3.8, 4) is 6.07 Å². The predicted octanol–water partition coefficient (Wildman–Crippen LogP) is 1.49. The van der Waals surface area contributed by atoms with Gasteiger partial charge in [0, 0.05) is 18.1 Å². The molecule has 5 heteroatoms. The van der Waals surface area contributed by atoms with Crippen LogP contribution in [0, 0.1) is 11.3 Å². The molecule has 2 heterocycles. The molecule has 0 aliphatic heterocycles. The standard InChI is InChI=1S/C10H7N5/c11-5-8-6-13-10(14-7-8)15-9-1-3-12-4-2-9/h1-4,6-7H,(H,12,13,14,15). The lowest BCUT2D eigenvalue weighted by Gasteiger charge is -2.02. The second-order valence-corrected chi connectivity index (χ2v) is 2.77. The summed E-state index contributed by atoms with van der Waals surface area (Å²) in [7, 11) is 0. The van der Waals surface area contributed by atoms with Crippen molar-refractivity contribution in [2.24, 2.45) is 0 Å². The molecule has 0 aliphatic carbocycles. The molecule has 72 valence electrons. The maximum Gasteiger partial charge on any atom is 0.227 e. The minimum Gasteiger partial charge on any atom is -0.324 e. The van der Waals surface area contributed by atoms with Gasteiger partial charge in [0.1, 0.15) is 6.07 Å². The third kappa shape index (κ3) is 2.25. The van der Waals surface area contributed by atoms with Crippen molar-refractivity contribution in [1.82, 2.24) is 15.0 Å². The molecule has 0 unspecified atom stereocenters. The third-order valence-corrected chi connectivity index (χ3v) is 1.72. The minimum absolute atomic E-state index is 0.440. The smallest absolute Gasteiger partial charge is 0.227 e. The molecule has 0 atom stereocenters. The Bertz CT molecular complexity index is 471. The summed E-state index contributed by atoms with van der Waals surface area (Å²) in [6.07, 6.45) is 6.28. The number of nitrogens with zero attached hydrogens (tertiary/aromatic N) is 4. The van der Waals surface area contributed by atoms with E-state index in [9.17, 15) is 0 Å². The molecule has 0 aromatic carbocycles. The molecule has 5 nitrogen and oxygen atoms in total. The first-order chi connectivity index (χ1) is 7.38. The van der Waals surface area contributed by atoms with Gasteiger partial charge in [-0.25, -0.2) is 9.97 Å². The molecule has 2 aromatic rings. The number of anilines is 2. The summed E-state index contributed by atoms with van der Waals surface area (Å²) in [5, 5.41) is 11.5. The molecule has 0 saturated carbocycles. The summed E-state index contributed by atoms with van der Waals surface area (Å²) in [6, 6.07) is 5.57. The first-order valence-electron chi connectivity index (χ1n) is 4.27. The van der Waals surface area contributed by atoms with Crippen molar-refractivity contribution < 1.29 is 0 Å². The summed E-state index contributed by atoms with van der Waals surface area (Å²) >= 11 is 0. The van der Waals surface area contributed by atoms with Crippen LogP contribution in [0.1, 0.15) is 5.56 Å². The maximum absolute atomic E-state index is 8.56. The highest BCUT2D eigenvalue weighted by molar-refractivity contribution is 5.51. The minimum atomic E-state index is 0.440. The fourth-order valence-electron chi connectivity index (χ4n) is 1.01. The van der Waals surface area contributed by atoms with E-state index >= 15 is 0 Å². The Hall–Kier alpha value is -2.48. The number of hydrogen-bond donors (Lipinski definition) is 1. The monoisotopic (exact) mass is 197 g/mol. The molecule has 0 saturated heterocycles. The largest absolute Gasteiger partial charge is 0.324 e. The Balaban J connectivity index is 2.16. The number of pyridine rings is 1. The van der Waals surface area contributed by atoms with Gasteiger partial charge in [-0.2, -0.15) is 5.26 Å². The highest BCUT2D eigenvalue weighted by Gasteiger charge is 1.96. The molecule has 2 aromatic heterocycles. The van der Waals surface area contributed by atoms with Gasteiger partial charge in [-0.3, -0.25) is 4.98 Å². The molecule has 0 bridgehead atoms. The van der Waals surface area contributed by atoms with Crippen LogP contribution in [0.15, 0.2) is 36.9 Å². The van der Waals surface area contributed by atoms with E-state index in [0.717, 1.165) is 5.69 Å². The quantitative estimate of drug-likeness (QED) is 0.789. The zero-order valence-corrected chi connectivity index (χ0v) is 7.75. The van der Waals surface area contributed by atoms with Crippen LogP contribution >= 0.6 is 0 Å². The Morgan fingerprint density at radius 1 is 1.13 bits per heavy atom. The zero-order chi connectivity index (χ0) is 10.5. The molecular formula is C10H7N5. The van der Waals surface area contributed by atoms with E-state index in [-0.39, 0.29) is 0 Å². The van der Waals surface area contributed by atoms with Gasteiger partial charge in [0.15, 0.2) is 0 Å². The summed E-state index contributed by atoms with van der Waals surface area (Å²) < 4.78 is 0. The van der Waals surface area contributed by atoms with Crippen LogP contribution in [0.2, 0.25) is 0 Å². The molecule has 0 aliphatic rings. The SMILES string of the molecule is N#Cc1cnc(Nc2ccncc2)nc1. The first-order valence-corrected chi connectivity index (χ1v) is 4.27. The van der Waals surface area contributed by atoms with Crippen LogP contribution in [0.25, 0.3) is 0 Å². The molecular weight excluding hydrogens is 190 g/mol. The average Bonchev–Trinajstić information content (AvgIpc) is 2.31. The van der Waals surface area contributed by atoms with Gasteiger partial charge >= 0.3 is 0 Å². The average molecular weight is 197 g/mol. The lowest BCUT2D eigenvalue weighted by Crippen LogP contribution is -1.96. The van der Waals surface area contributed by atoms with Gasteiger partial charge < -0.3 is 5.32 Å². The van der Waals surface area contributed by atoms with Crippen LogP contribution in [-0.2, 0) is 0 Å². The number of rotatable bonds is 2. The van der Waals surface area contributed by atoms with Crippen molar-refractivity contribution in [1.29, 1.82) is 5.26 Å². The number of aromatic nitrogens is 3. The van der Waals surface area contributed by atoms with Crippen LogP contribution in [-0.4, -0.2) is 15.0 Å². The van der Waals surface area contributed by atoms with Gasteiger partial charge in [0.05, 0.1) is 18.0 Å². The Morgan fingerprint density at radius 3 is 2.40 bits per heavy atom. The Labute approximate surface area is 86.5 Å². The molecule has 0 spiro atoms. The van der Waals surface area contributed by atoms with Gasteiger partial charge in [0.25, 0.3) is 0 Å². The summed E-state index contributed by atoms with van der Waals surface area (Å²) in [6.45, 7) is 0. The zero-order valence-electron chi connectivity index (χ0n) is 7.75. The normalized spacial score (nSPS) is 9.27. The molecule has 0 fully saturated rings. The second kappa shape index (κ2) is 4.15. The van der Waals surface area contributed by atoms with Gasteiger partial charge in [-0.15, -0.1) is 0 Å². The maximum atomic E-state index is 8.56. The van der Waals surface area contributed by atoms with E-state index in [1.807, 2.05) is 18.2 Å². The van der Waals surface area contributed by atoms with Gasteiger partial charge in [0.2, 0.25) is 5.95 Å². The van der Waals surface area contributed by atoms with E-state index in [2.05, 4.69) is 20.3 Å². The second-order valence-electron chi connectivity index (χ2n) is 2.77. The molecule has 0 amide bonds. The van der Waals surface area contributed by atoms with Crippen molar-refractivity contribution >= 4 is 11.6 Å². The summed E-state index contributed by atoms with van der Waals surface area (Å²) in [4.78, 5) is 11.8. The fraction of sp³-hybridized carbons (Fsp3) is 0. The topological polar surface area (TPSA) is 74.5 Å². The molecule has 2 rings (SSSR count). The van der Waals surface area contributed by atoms with E-state index < -0.39 is 0 Å². The van der Waals surface area contributed by atoms with E-state index in [4.69, 9.17) is 5.26 Å². The third-order valence-electron chi connectivity index (χ3n) is 1.72. The Morgan fingerprint density at radius 2 is 1.80 bits per heavy atom. The first kappa shape index (κ1) is 9.09. The van der Waals surface area contributed by atoms with E-state index in [1.165, 1.54) is 12.4 Å². The highest BCUT2D eigenvalue weighted by atomic mass is 15.1. The van der Waals surface area contributed by atoms with Crippen molar-refractivity contribution in [2.75, 3.05) is 5.32 Å². The van der Waals surface area contributed by atoms with Gasteiger partial charge in [-0.1, -0.05) is 0 Å². The molecule has 0 radical (unpaired) electrons. The van der Waals surface area contributed by atoms with E-state index in [0.29, 0.717) is 11.5 Å². The molecule has 1 N–H and O–H groups in total. The van der Waals surface area contributed by atoms with Crippen LogP contribution in [0.5, 0.6) is 0 Å². The van der Waals surface area contributed by atoms with E-state index in [1.54, 1.807) is 12.4 Å². The lowest BCUT2D eigenvalue weighted by atomic mass is 10.4. The van der Waals surface area contributed by atoms with Gasteiger partial charge in [-0.05, 0) is 12.1 Å². The summed E-state index contributed by atoms with van der Waals surface area (Å²) in [5.74, 6) is 0.459.